The number of pyridine rings is 1. The Labute approximate surface area is 407 Å². The molecule has 20 heteroatoms. The van der Waals surface area contributed by atoms with E-state index in [0.717, 1.165) is 33.8 Å². The number of H-pyrrole nitrogens is 1. The molecule has 0 radical (unpaired) electrons. The molecule has 1 fully saturated rings. The van der Waals surface area contributed by atoms with Gasteiger partial charge in [0.2, 0.25) is 39.4 Å². The summed E-state index contributed by atoms with van der Waals surface area (Å²) in [6.45, 7) is 9.09. The van der Waals surface area contributed by atoms with Crippen LogP contribution in [0, 0.1) is 24.0 Å². The number of anilines is 2. The van der Waals surface area contributed by atoms with Gasteiger partial charge in [-0.2, -0.15) is 0 Å². The lowest BCUT2D eigenvalue weighted by molar-refractivity contribution is -0.144. The van der Waals surface area contributed by atoms with Crippen molar-refractivity contribution in [2.24, 2.45) is 5.41 Å². The highest BCUT2D eigenvalue weighted by atomic mass is 32.2. The van der Waals surface area contributed by atoms with Gasteiger partial charge in [-0.25, -0.2) is 27.2 Å². The Bertz CT molecular complexity index is 3040. The lowest BCUT2D eigenvalue weighted by Crippen LogP contribution is -2.57. The fourth-order valence-corrected chi connectivity index (χ4v) is 10.1. The van der Waals surface area contributed by atoms with Gasteiger partial charge in [-0.3, -0.25) is 28.7 Å². The Kier molecular flexibility index (Phi) is 15.6. The number of carbonyl (C=O) groups excluding carboxylic acids is 5. The van der Waals surface area contributed by atoms with Crippen LogP contribution in [0.15, 0.2) is 84.6 Å². The van der Waals surface area contributed by atoms with E-state index in [9.17, 15) is 41.9 Å². The number of fused-ring (bicyclic) bond motifs is 1. The summed E-state index contributed by atoms with van der Waals surface area (Å²) in [6, 6.07) is 15.8. The monoisotopic (exact) mass is 996 g/mol. The van der Waals surface area contributed by atoms with Gasteiger partial charge >= 0.3 is 0 Å². The molecule has 3 atom stereocenters. The molecule has 3 aromatic carbocycles. The first-order valence-electron chi connectivity index (χ1n) is 22.7. The van der Waals surface area contributed by atoms with Crippen LogP contribution in [0.3, 0.4) is 0 Å². The summed E-state index contributed by atoms with van der Waals surface area (Å²) in [4.78, 5) is 81.2. The van der Waals surface area contributed by atoms with Gasteiger partial charge in [0.1, 0.15) is 23.5 Å². The van der Waals surface area contributed by atoms with Gasteiger partial charge in [0, 0.05) is 66.9 Å². The molecule has 6 N–H and O–H groups in total. The fourth-order valence-electron chi connectivity index (χ4n) is 8.20. The van der Waals surface area contributed by atoms with E-state index in [1.54, 1.807) is 74.9 Å². The number of rotatable bonds is 18. The molecule has 4 amide bonds. The molecule has 16 nitrogen and oxygen atoms in total. The highest BCUT2D eigenvalue weighted by Gasteiger charge is 2.44. The molecule has 70 heavy (non-hydrogen) atoms. The first kappa shape index (κ1) is 51.0. The third kappa shape index (κ3) is 11.9. The number of aromatic nitrogens is 3. The minimum Gasteiger partial charge on any atom is -0.391 e. The number of sulfonamides is 1. The molecule has 7 rings (SSSR count). The van der Waals surface area contributed by atoms with Crippen molar-refractivity contribution in [1.29, 1.82) is 0 Å². The zero-order valence-corrected chi connectivity index (χ0v) is 40.8. The van der Waals surface area contributed by atoms with Crippen molar-refractivity contribution >= 4 is 73.2 Å². The quantitative estimate of drug-likeness (QED) is 0.0473. The predicted octanol–water partition coefficient (Wildman–Crippen LogP) is 7.24. The van der Waals surface area contributed by atoms with Crippen LogP contribution in [0.4, 0.5) is 20.2 Å². The number of aryl methyl sites for hydroxylation is 1. The second kappa shape index (κ2) is 21.4. The minimum absolute atomic E-state index is 0.0168. The SMILES string of the molecule is CCCS(=O)(=O)Nc1ccc(F)c(C(=O)c2c[nH]c3ncc(-c4ccc(NC(=O)CCCC(=O)NC(C(=O)N5C[C@H](O)C[C@H]5C(=O)NCc5ccc(-c6scnc6C)cc5)C(C)(C)C)cc4)cc23)c1F. The summed E-state index contributed by atoms with van der Waals surface area (Å²) in [5.41, 5.74) is 4.16. The molecule has 0 bridgehead atoms. The van der Waals surface area contributed by atoms with E-state index < -0.39 is 80.0 Å². The minimum atomic E-state index is -3.94. The molecule has 0 spiro atoms. The van der Waals surface area contributed by atoms with Crippen LogP contribution in [0.1, 0.15) is 87.0 Å². The number of nitrogens with zero attached hydrogens (tertiary/aromatic N) is 3. The van der Waals surface area contributed by atoms with Gasteiger partial charge in [-0.15, -0.1) is 11.3 Å². The van der Waals surface area contributed by atoms with Crippen molar-refractivity contribution in [1.82, 2.24) is 30.5 Å². The molecule has 3 aromatic heterocycles. The van der Waals surface area contributed by atoms with Crippen LogP contribution in [-0.2, 0) is 35.7 Å². The number of aliphatic hydroxyl groups is 1. The van der Waals surface area contributed by atoms with Crippen LogP contribution >= 0.6 is 11.3 Å². The van der Waals surface area contributed by atoms with Crippen molar-refractivity contribution in [2.45, 2.75) is 91.5 Å². The number of nitrogens with one attached hydrogen (secondary N) is 5. The average Bonchev–Trinajstić information content (AvgIpc) is 4.06. The highest BCUT2D eigenvalue weighted by molar-refractivity contribution is 7.92. The van der Waals surface area contributed by atoms with Gasteiger partial charge in [0.15, 0.2) is 5.82 Å². The van der Waals surface area contributed by atoms with Crippen LogP contribution in [0.2, 0.25) is 0 Å². The van der Waals surface area contributed by atoms with Gasteiger partial charge < -0.3 is 30.9 Å². The predicted molar refractivity (Wildman–Crippen MR) is 263 cm³/mol. The molecule has 368 valence electrons. The maximum absolute atomic E-state index is 15.5. The lowest BCUT2D eigenvalue weighted by Gasteiger charge is -2.35. The van der Waals surface area contributed by atoms with Gasteiger partial charge in [0.25, 0.3) is 0 Å². The smallest absolute Gasteiger partial charge is 0.246 e. The second-order valence-electron chi connectivity index (χ2n) is 18.3. The van der Waals surface area contributed by atoms with E-state index >= 15 is 4.39 Å². The Balaban J connectivity index is 0.917. The van der Waals surface area contributed by atoms with Gasteiger partial charge in [0.05, 0.1) is 39.2 Å². The number of ketones is 1. The molecule has 4 heterocycles. The number of thiazole rings is 1. The van der Waals surface area contributed by atoms with E-state index in [0.29, 0.717) is 16.8 Å². The normalized spacial score (nSPS) is 15.4. The number of hydrogen-bond acceptors (Lipinski definition) is 11. The average molecular weight is 997 g/mol. The summed E-state index contributed by atoms with van der Waals surface area (Å²) in [5.74, 6) is -5.57. The molecular formula is C50H54F2N8O8S2. The summed E-state index contributed by atoms with van der Waals surface area (Å²) >= 11 is 1.55. The number of aliphatic hydroxyl groups excluding tert-OH is 1. The maximum atomic E-state index is 15.5. The molecular weight excluding hydrogens is 943 g/mol. The van der Waals surface area contributed by atoms with Crippen molar-refractivity contribution < 1.29 is 46.3 Å². The largest absolute Gasteiger partial charge is 0.391 e. The Hall–Kier alpha value is -6.90. The van der Waals surface area contributed by atoms with Crippen LogP contribution in [0.25, 0.3) is 32.6 Å². The van der Waals surface area contributed by atoms with Crippen molar-refractivity contribution in [3.05, 3.63) is 119 Å². The van der Waals surface area contributed by atoms with Crippen LogP contribution in [0.5, 0.6) is 0 Å². The first-order valence-corrected chi connectivity index (χ1v) is 25.2. The van der Waals surface area contributed by atoms with Crippen molar-refractivity contribution in [3.63, 3.8) is 0 Å². The summed E-state index contributed by atoms with van der Waals surface area (Å²) in [5, 5.41) is 19.4. The molecule has 0 aliphatic carbocycles. The number of hydrogen-bond donors (Lipinski definition) is 6. The standard InChI is InChI=1S/C50H54F2N8O8S2/c1-6-20-70(67,68)59-38-19-18-37(51)42(43(38)52)44(64)36-25-54-47-35(36)21-32(24-53-47)30-14-16-33(17-15-30)57-40(62)8-7-9-41(63)58-46(50(3,4)5)49(66)60-26-34(61)22-39(60)48(65)55-23-29-10-12-31(13-11-29)45-28(2)56-27-69-45/h10-19,21,24-25,27,34,39,46,59,61H,6-9,20,22-23,26H2,1-5H3,(H,53,54)(H,55,65)(H,57,62)(H,58,63)/t34-,39+,46?/m1/s1. The number of carbonyl (C=O) groups is 5. The maximum Gasteiger partial charge on any atom is 0.246 e. The van der Waals surface area contributed by atoms with Gasteiger partial charge in [-0.1, -0.05) is 64.1 Å². The van der Waals surface area contributed by atoms with Crippen molar-refractivity contribution in [2.75, 3.05) is 22.3 Å². The topological polar surface area (TPSA) is 233 Å². The number of benzene rings is 3. The third-order valence-corrected chi connectivity index (χ3v) is 14.3. The van der Waals surface area contributed by atoms with E-state index in [1.165, 1.54) is 17.3 Å². The van der Waals surface area contributed by atoms with Gasteiger partial charge in [-0.05, 0) is 72.2 Å². The Morgan fingerprint density at radius 2 is 1.64 bits per heavy atom. The molecule has 6 aromatic rings. The Morgan fingerprint density at radius 1 is 0.943 bits per heavy atom. The highest BCUT2D eigenvalue weighted by Crippen LogP contribution is 2.32. The number of likely N-dealkylation sites (tertiary alicyclic amines) is 1. The number of amides is 4. The van der Waals surface area contributed by atoms with E-state index in [-0.39, 0.29) is 73.5 Å². The van der Waals surface area contributed by atoms with Crippen LogP contribution in [-0.4, -0.2) is 93.3 Å². The van der Waals surface area contributed by atoms with E-state index in [1.807, 2.05) is 31.2 Å². The fraction of sp³-hybridized carbons (Fsp3) is 0.340. The number of β-amino-alcohol motifs (C(OH)–C–C–N with tert-alkyl or cyclic N) is 1. The lowest BCUT2D eigenvalue weighted by atomic mass is 9.85. The molecule has 0 saturated carbocycles. The molecule has 1 aliphatic heterocycles. The molecule has 1 aliphatic rings. The molecule has 1 saturated heterocycles. The third-order valence-electron chi connectivity index (χ3n) is 11.9. The second-order valence-corrected chi connectivity index (χ2v) is 21.0. The number of aromatic amines is 1. The van der Waals surface area contributed by atoms with E-state index in [2.05, 4.69) is 35.6 Å². The zero-order chi connectivity index (χ0) is 50.5. The zero-order valence-electron chi connectivity index (χ0n) is 39.2. The summed E-state index contributed by atoms with van der Waals surface area (Å²) in [7, 11) is -3.94. The van der Waals surface area contributed by atoms with E-state index in [4.69, 9.17) is 0 Å². The van der Waals surface area contributed by atoms with Crippen molar-refractivity contribution in [3.8, 4) is 21.6 Å². The summed E-state index contributed by atoms with van der Waals surface area (Å²) < 4.78 is 57.2. The Morgan fingerprint density at radius 3 is 2.31 bits per heavy atom. The molecule has 1 unspecified atom stereocenters. The summed E-state index contributed by atoms with van der Waals surface area (Å²) in [6.07, 6.45) is 2.26. The first-order chi connectivity index (χ1) is 33.2. The van der Waals surface area contributed by atoms with Crippen LogP contribution < -0.4 is 20.7 Å². The number of halogens is 2.